The zero-order valence-corrected chi connectivity index (χ0v) is 10.3. The molecule has 2 amide bonds. The first-order valence-electron chi connectivity index (χ1n) is 5.59. The lowest BCUT2D eigenvalue weighted by atomic mass is 10.0. The second-order valence-corrected chi connectivity index (χ2v) is 4.41. The summed E-state index contributed by atoms with van der Waals surface area (Å²) >= 11 is 0. The number of amides is 2. The second-order valence-electron chi connectivity index (χ2n) is 4.41. The number of anilines is 1. The van der Waals surface area contributed by atoms with E-state index in [4.69, 9.17) is 0 Å². The van der Waals surface area contributed by atoms with Gasteiger partial charge in [0.25, 0.3) is 0 Å². The molecule has 0 fully saturated rings. The molecule has 0 aliphatic carbocycles. The highest BCUT2D eigenvalue weighted by Gasteiger charge is 2.17. The molecule has 0 bridgehead atoms. The monoisotopic (exact) mass is 231 g/mol. The Morgan fingerprint density at radius 3 is 2.35 bits per heavy atom. The third-order valence-electron chi connectivity index (χ3n) is 2.78. The van der Waals surface area contributed by atoms with Crippen LogP contribution in [0.1, 0.15) is 18.5 Å². The minimum atomic E-state index is -0.147. The smallest absolute Gasteiger partial charge is 0.319 e. The molecular weight excluding hydrogens is 214 g/mol. The van der Waals surface area contributed by atoms with Gasteiger partial charge >= 0.3 is 6.03 Å². The van der Waals surface area contributed by atoms with Gasteiger partial charge in [-0.3, -0.25) is 0 Å². The summed E-state index contributed by atoms with van der Waals surface area (Å²) in [4.78, 5) is 13.4. The summed E-state index contributed by atoms with van der Waals surface area (Å²) < 4.78 is 0. The zero-order valence-electron chi connectivity index (χ0n) is 10.3. The number of nitrogens with one attached hydrogen (secondary N) is 2. The number of urea groups is 1. The Morgan fingerprint density at radius 2 is 1.82 bits per heavy atom. The van der Waals surface area contributed by atoms with Gasteiger partial charge in [-0.25, -0.2) is 4.79 Å². The van der Waals surface area contributed by atoms with Crippen LogP contribution in [-0.2, 0) is 0 Å². The molecular formula is C13H17N3O. The summed E-state index contributed by atoms with van der Waals surface area (Å²) in [6.07, 6.45) is 2.01. The molecule has 17 heavy (non-hydrogen) atoms. The Labute approximate surface area is 101 Å². The van der Waals surface area contributed by atoms with Gasteiger partial charge in [-0.1, -0.05) is 12.1 Å². The van der Waals surface area contributed by atoms with Crippen LogP contribution >= 0.6 is 0 Å². The van der Waals surface area contributed by atoms with Crippen molar-refractivity contribution in [2.24, 2.45) is 0 Å². The number of hydrogen-bond acceptors (Lipinski definition) is 2. The first-order valence-corrected chi connectivity index (χ1v) is 5.59. The quantitative estimate of drug-likeness (QED) is 0.817. The fourth-order valence-corrected chi connectivity index (χ4v) is 1.85. The molecule has 1 aromatic carbocycles. The minimum absolute atomic E-state index is 0.0417. The molecule has 1 aliphatic rings. The van der Waals surface area contributed by atoms with Gasteiger partial charge in [0.05, 0.1) is 6.04 Å². The van der Waals surface area contributed by atoms with Gasteiger partial charge in [0.2, 0.25) is 0 Å². The number of benzene rings is 1. The van der Waals surface area contributed by atoms with E-state index in [-0.39, 0.29) is 12.1 Å². The topological polar surface area (TPSA) is 44.4 Å². The Bertz CT molecular complexity index is 448. The Morgan fingerprint density at radius 1 is 1.18 bits per heavy atom. The maximum Gasteiger partial charge on any atom is 0.319 e. The van der Waals surface area contributed by atoms with Crippen LogP contribution < -0.4 is 15.5 Å². The Balaban J connectivity index is 2.23. The van der Waals surface area contributed by atoms with Crippen LogP contribution in [0.15, 0.2) is 36.0 Å². The lowest BCUT2D eigenvalue weighted by molar-refractivity contribution is 0.239. The highest BCUT2D eigenvalue weighted by molar-refractivity contribution is 5.78. The van der Waals surface area contributed by atoms with E-state index >= 15 is 0 Å². The van der Waals surface area contributed by atoms with Crippen molar-refractivity contribution in [1.29, 1.82) is 0 Å². The van der Waals surface area contributed by atoms with Gasteiger partial charge < -0.3 is 15.5 Å². The van der Waals surface area contributed by atoms with Crippen molar-refractivity contribution in [3.63, 3.8) is 0 Å². The standard InChI is InChI=1S/C13H17N3O/c1-9-8-12(15-13(17)14-9)10-4-6-11(7-5-10)16(2)3/h4-8,12H,1-3H3,(H2,14,15,17). The first kappa shape index (κ1) is 11.5. The number of hydrogen-bond donors (Lipinski definition) is 2. The van der Waals surface area contributed by atoms with Crippen molar-refractivity contribution < 1.29 is 4.79 Å². The molecule has 0 spiro atoms. The van der Waals surface area contributed by atoms with Crippen molar-refractivity contribution >= 4 is 11.7 Å². The predicted molar refractivity (Wildman–Crippen MR) is 68.9 cm³/mol. The van der Waals surface area contributed by atoms with E-state index in [1.54, 1.807) is 0 Å². The molecule has 1 atom stereocenters. The number of carbonyl (C=O) groups is 1. The molecule has 1 aromatic rings. The number of allylic oxidation sites excluding steroid dienone is 1. The summed E-state index contributed by atoms with van der Waals surface area (Å²) in [5.74, 6) is 0. The van der Waals surface area contributed by atoms with Gasteiger partial charge in [-0.2, -0.15) is 0 Å². The van der Waals surface area contributed by atoms with E-state index in [1.165, 1.54) is 0 Å². The Hall–Kier alpha value is -1.97. The van der Waals surface area contributed by atoms with E-state index < -0.39 is 0 Å². The molecule has 4 nitrogen and oxygen atoms in total. The molecule has 4 heteroatoms. The summed E-state index contributed by atoms with van der Waals surface area (Å²) in [6.45, 7) is 1.89. The third kappa shape index (κ3) is 2.58. The van der Waals surface area contributed by atoms with Crippen LogP contribution in [0.5, 0.6) is 0 Å². The van der Waals surface area contributed by atoms with Crippen molar-refractivity contribution in [2.45, 2.75) is 13.0 Å². The average molecular weight is 231 g/mol. The molecule has 1 unspecified atom stereocenters. The van der Waals surface area contributed by atoms with Gasteiger partial charge in [-0.05, 0) is 30.7 Å². The third-order valence-corrected chi connectivity index (χ3v) is 2.78. The van der Waals surface area contributed by atoms with Crippen LogP contribution in [0.4, 0.5) is 10.5 Å². The largest absolute Gasteiger partial charge is 0.378 e. The zero-order chi connectivity index (χ0) is 12.4. The summed E-state index contributed by atoms with van der Waals surface area (Å²) in [5, 5.41) is 5.58. The van der Waals surface area contributed by atoms with Crippen LogP contribution in [0.2, 0.25) is 0 Å². The van der Waals surface area contributed by atoms with Crippen LogP contribution in [-0.4, -0.2) is 20.1 Å². The van der Waals surface area contributed by atoms with Gasteiger partial charge in [0, 0.05) is 25.5 Å². The lowest BCUT2D eigenvalue weighted by Crippen LogP contribution is -2.40. The number of rotatable bonds is 2. The second kappa shape index (κ2) is 4.49. The van der Waals surface area contributed by atoms with Crippen LogP contribution in [0.25, 0.3) is 0 Å². The summed E-state index contributed by atoms with van der Waals surface area (Å²) in [5.41, 5.74) is 3.12. The van der Waals surface area contributed by atoms with Gasteiger partial charge in [-0.15, -0.1) is 0 Å². The Kier molecular flexibility index (Phi) is 3.04. The maximum absolute atomic E-state index is 11.4. The predicted octanol–water partition coefficient (Wildman–Crippen LogP) is 2.01. The average Bonchev–Trinajstić information content (AvgIpc) is 2.28. The highest BCUT2D eigenvalue weighted by Crippen LogP contribution is 2.21. The molecule has 90 valence electrons. The molecule has 2 N–H and O–H groups in total. The van der Waals surface area contributed by atoms with Crippen LogP contribution in [0, 0.1) is 0 Å². The van der Waals surface area contributed by atoms with Crippen molar-refractivity contribution in [1.82, 2.24) is 10.6 Å². The fourth-order valence-electron chi connectivity index (χ4n) is 1.85. The SMILES string of the molecule is CC1=CC(c2ccc(N(C)C)cc2)NC(=O)N1. The lowest BCUT2D eigenvalue weighted by Gasteiger charge is -2.23. The molecule has 2 rings (SSSR count). The van der Waals surface area contributed by atoms with E-state index in [1.807, 2.05) is 56.3 Å². The van der Waals surface area contributed by atoms with Gasteiger partial charge in [0.15, 0.2) is 0 Å². The molecule has 0 saturated heterocycles. The minimum Gasteiger partial charge on any atom is -0.378 e. The van der Waals surface area contributed by atoms with E-state index in [0.29, 0.717) is 0 Å². The molecule has 0 aromatic heterocycles. The van der Waals surface area contributed by atoms with E-state index in [9.17, 15) is 4.79 Å². The van der Waals surface area contributed by atoms with Gasteiger partial charge in [0.1, 0.15) is 0 Å². The van der Waals surface area contributed by atoms with E-state index in [2.05, 4.69) is 10.6 Å². The molecule has 0 radical (unpaired) electrons. The van der Waals surface area contributed by atoms with Crippen molar-refractivity contribution in [2.75, 3.05) is 19.0 Å². The number of carbonyl (C=O) groups excluding carboxylic acids is 1. The highest BCUT2D eigenvalue weighted by atomic mass is 16.2. The molecule has 0 saturated carbocycles. The summed E-state index contributed by atoms with van der Waals surface area (Å²) in [6, 6.07) is 7.98. The fraction of sp³-hybridized carbons (Fsp3) is 0.308. The normalized spacial score (nSPS) is 19.1. The number of nitrogens with zero attached hydrogens (tertiary/aromatic N) is 1. The van der Waals surface area contributed by atoms with Crippen molar-refractivity contribution in [3.8, 4) is 0 Å². The van der Waals surface area contributed by atoms with Crippen LogP contribution in [0.3, 0.4) is 0 Å². The maximum atomic E-state index is 11.4. The molecule has 1 aliphatic heterocycles. The summed E-state index contributed by atoms with van der Waals surface area (Å²) in [7, 11) is 4.01. The molecule has 1 heterocycles. The van der Waals surface area contributed by atoms with Crippen molar-refractivity contribution in [3.05, 3.63) is 41.6 Å². The first-order chi connectivity index (χ1) is 8.06. The van der Waals surface area contributed by atoms with E-state index in [0.717, 1.165) is 16.9 Å².